The predicted octanol–water partition coefficient (Wildman–Crippen LogP) is 5.46. The molecule has 5 rings (SSSR count). The summed E-state index contributed by atoms with van der Waals surface area (Å²) >= 11 is 5.91. The van der Waals surface area contributed by atoms with Crippen molar-refractivity contribution in [1.29, 1.82) is 0 Å². The molecule has 8 nitrogen and oxygen atoms in total. The zero-order valence-electron chi connectivity index (χ0n) is 17.3. The fraction of sp³-hybridized carbons (Fsp3) is 0.182. The Hall–Kier alpha value is -3.86. The summed E-state index contributed by atoms with van der Waals surface area (Å²) in [6.07, 6.45) is -2.58. The Kier molecular flexibility index (Phi) is 5.48. The number of carbonyl (C=O) groups excluding carboxylic acids is 1. The third kappa shape index (κ3) is 4.34. The van der Waals surface area contributed by atoms with E-state index in [9.17, 15) is 18.0 Å². The largest absolute Gasteiger partial charge is 0.416 e. The first-order valence-corrected chi connectivity index (χ1v) is 10.5. The van der Waals surface area contributed by atoms with Gasteiger partial charge in [0.15, 0.2) is 0 Å². The number of rotatable bonds is 3. The SMILES string of the molecule is O=C(Nc1ccc(Cl)cc1)N1Cc2[nH]cnc2C[C@H]1c1nc(-c2ccc(C(F)(F)F)cc2)no1. The minimum Gasteiger partial charge on any atom is -0.347 e. The molecule has 0 radical (unpaired) electrons. The molecular weight excluding hydrogens is 473 g/mol. The zero-order chi connectivity index (χ0) is 23.9. The van der Waals surface area contributed by atoms with E-state index in [1.54, 1.807) is 30.6 Å². The molecule has 0 saturated heterocycles. The Morgan fingerprint density at radius 1 is 1.15 bits per heavy atom. The monoisotopic (exact) mass is 488 g/mol. The van der Waals surface area contributed by atoms with Crippen LogP contribution in [0.2, 0.25) is 5.02 Å². The summed E-state index contributed by atoms with van der Waals surface area (Å²) in [7, 11) is 0. The highest BCUT2D eigenvalue weighted by Gasteiger charge is 2.36. The number of benzene rings is 2. The van der Waals surface area contributed by atoms with E-state index in [1.165, 1.54) is 17.0 Å². The van der Waals surface area contributed by atoms with Crippen molar-refractivity contribution >= 4 is 23.3 Å². The number of hydrogen-bond donors (Lipinski definition) is 2. The minimum absolute atomic E-state index is 0.120. The van der Waals surface area contributed by atoms with Crippen molar-refractivity contribution in [3.63, 3.8) is 0 Å². The van der Waals surface area contributed by atoms with Gasteiger partial charge in [0.2, 0.25) is 11.7 Å². The van der Waals surface area contributed by atoms with Crippen LogP contribution in [0.4, 0.5) is 23.7 Å². The molecule has 3 heterocycles. The van der Waals surface area contributed by atoms with E-state index in [1.807, 2.05) is 0 Å². The van der Waals surface area contributed by atoms with Gasteiger partial charge in [-0.1, -0.05) is 28.9 Å². The van der Waals surface area contributed by atoms with Crippen molar-refractivity contribution in [3.05, 3.63) is 82.7 Å². The molecule has 1 aliphatic heterocycles. The van der Waals surface area contributed by atoms with Crippen LogP contribution in [0, 0.1) is 0 Å². The molecule has 2 amide bonds. The maximum atomic E-state index is 13.1. The molecule has 174 valence electrons. The van der Waals surface area contributed by atoms with Gasteiger partial charge in [0.1, 0.15) is 6.04 Å². The van der Waals surface area contributed by atoms with Gasteiger partial charge < -0.3 is 19.7 Å². The number of halogens is 4. The fourth-order valence-corrected chi connectivity index (χ4v) is 3.82. The van der Waals surface area contributed by atoms with Gasteiger partial charge >= 0.3 is 12.2 Å². The smallest absolute Gasteiger partial charge is 0.347 e. The first-order chi connectivity index (χ1) is 16.3. The Bertz CT molecular complexity index is 1320. The van der Waals surface area contributed by atoms with Gasteiger partial charge in [-0.3, -0.25) is 0 Å². The summed E-state index contributed by atoms with van der Waals surface area (Å²) in [5, 5.41) is 7.27. The van der Waals surface area contributed by atoms with Gasteiger partial charge in [-0.25, -0.2) is 9.78 Å². The summed E-state index contributed by atoms with van der Waals surface area (Å²) < 4.78 is 44.0. The number of alkyl halides is 3. The van der Waals surface area contributed by atoms with Crippen molar-refractivity contribution in [2.45, 2.75) is 25.2 Å². The molecule has 0 fully saturated rings. The zero-order valence-corrected chi connectivity index (χ0v) is 18.1. The molecule has 12 heteroatoms. The molecule has 0 spiro atoms. The van der Waals surface area contributed by atoms with Crippen molar-refractivity contribution in [3.8, 4) is 11.4 Å². The highest BCUT2D eigenvalue weighted by atomic mass is 35.5. The van der Waals surface area contributed by atoms with E-state index in [2.05, 4.69) is 25.4 Å². The molecule has 0 bridgehead atoms. The number of nitrogens with one attached hydrogen (secondary N) is 2. The molecule has 2 aromatic heterocycles. The van der Waals surface area contributed by atoms with Crippen molar-refractivity contribution in [2.24, 2.45) is 0 Å². The lowest BCUT2D eigenvalue weighted by molar-refractivity contribution is -0.137. The van der Waals surface area contributed by atoms with Crippen LogP contribution in [-0.4, -0.2) is 31.0 Å². The molecule has 2 aromatic carbocycles. The number of carbonyl (C=O) groups is 1. The lowest BCUT2D eigenvalue weighted by atomic mass is 10.0. The Labute approximate surface area is 195 Å². The molecule has 0 aliphatic carbocycles. The second kappa shape index (κ2) is 8.49. The van der Waals surface area contributed by atoms with E-state index in [0.29, 0.717) is 22.7 Å². The number of H-pyrrole nitrogens is 1. The van der Waals surface area contributed by atoms with E-state index < -0.39 is 23.8 Å². The minimum atomic E-state index is -4.44. The number of urea groups is 1. The average molecular weight is 489 g/mol. The van der Waals surface area contributed by atoms with Crippen LogP contribution in [0.1, 0.15) is 28.9 Å². The Morgan fingerprint density at radius 3 is 2.59 bits per heavy atom. The van der Waals surface area contributed by atoms with Gasteiger partial charge in [-0.2, -0.15) is 18.2 Å². The fourth-order valence-electron chi connectivity index (χ4n) is 3.69. The molecular formula is C22H16ClF3N6O2. The molecule has 34 heavy (non-hydrogen) atoms. The summed E-state index contributed by atoms with van der Waals surface area (Å²) in [6.45, 7) is 0.220. The number of anilines is 1. The third-order valence-electron chi connectivity index (χ3n) is 5.45. The van der Waals surface area contributed by atoms with Crippen molar-refractivity contribution in [1.82, 2.24) is 25.0 Å². The maximum absolute atomic E-state index is 13.1. The summed E-state index contributed by atoms with van der Waals surface area (Å²) in [4.78, 5) is 26.3. The molecule has 4 aromatic rings. The maximum Gasteiger partial charge on any atom is 0.416 e. The van der Waals surface area contributed by atoms with Crippen LogP contribution >= 0.6 is 11.6 Å². The number of imidazole rings is 1. The normalized spacial score (nSPS) is 15.8. The number of aromatic nitrogens is 4. The second-order valence-electron chi connectivity index (χ2n) is 7.64. The van der Waals surface area contributed by atoms with E-state index in [-0.39, 0.29) is 18.3 Å². The van der Waals surface area contributed by atoms with Crippen LogP contribution < -0.4 is 5.32 Å². The second-order valence-corrected chi connectivity index (χ2v) is 8.08. The molecule has 0 saturated carbocycles. The highest BCUT2D eigenvalue weighted by Crippen LogP contribution is 2.34. The van der Waals surface area contributed by atoms with Gasteiger partial charge in [-0.15, -0.1) is 0 Å². The molecule has 1 atom stereocenters. The Balaban J connectivity index is 1.42. The number of aromatic amines is 1. The van der Waals surface area contributed by atoms with Crippen molar-refractivity contribution < 1.29 is 22.5 Å². The highest BCUT2D eigenvalue weighted by molar-refractivity contribution is 6.30. The predicted molar refractivity (Wildman–Crippen MR) is 116 cm³/mol. The first-order valence-electron chi connectivity index (χ1n) is 10.1. The molecule has 2 N–H and O–H groups in total. The Morgan fingerprint density at radius 2 is 1.88 bits per heavy atom. The number of hydrogen-bond acceptors (Lipinski definition) is 5. The first kappa shape index (κ1) is 22.0. The summed E-state index contributed by atoms with van der Waals surface area (Å²) in [5.41, 5.74) is 1.68. The van der Waals surface area contributed by atoms with Crippen LogP contribution in [0.25, 0.3) is 11.4 Å². The summed E-state index contributed by atoms with van der Waals surface area (Å²) in [5.74, 6) is 0.268. The van der Waals surface area contributed by atoms with E-state index in [4.69, 9.17) is 16.1 Å². The number of amides is 2. The lowest BCUT2D eigenvalue weighted by Crippen LogP contribution is -2.41. The summed E-state index contributed by atoms with van der Waals surface area (Å²) in [6, 6.07) is 10.1. The number of fused-ring (bicyclic) bond motifs is 1. The van der Waals surface area contributed by atoms with E-state index >= 15 is 0 Å². The molecule has 1 aliphatic rings. The van der Waals surface area contributed by atoms with Crippen LogP contribution in [-0.2, 0) is 19.1 Å². The topological polar surface area (TPSA) is 99.9 Å². The quantitative estimate of drug-likeness (QED) is 0.398. The lowest BCUT2D eigenvalue weighted by Gasteiger charge is -2.32. The third-order valence-corrected chi connectivity index (χ3v) is 5.70. The van der Waals surface area contributed by atoms with E-state index in [0.717, 1.165) is 23.5 Å². The van der Waals surface area contributed by atoms with Crippen LogP contribution in [0.3, 0.4) is 0 Å². The van der Waals surface area contributed by atoms with Crippen LogP contribution in [0.15, 0.2) is 59.4 Å². The average Bonchev–Trinajstić information content (AvgIpc) is 3.48. The van der Waals surface area contributed by atoms with Crippen LogP contribution in [0.5, 0.6) is 0 Å². The standard InChI is InChI=1S/C22H16ClF3N6O2/c23-14-5-7-15(8-6-14)29-21(33)32-10-17-16(27-11-28-17)9-18(32)20-30-19(31-34-20)12-1-3-13(4-2-12)22(24,25)26/h1-8,11,18H,9-10H2,(H,27,28)(H,29,33)/t18-/m0/s1. The molecule has 0 unspecified atom stereocenters. The van der Waals surface area contributed by atoms with Gasteiger partial charge in [0, 0.05) is 22.7 Å². The van der Waals surface area contributed by atoms with Gasteiger partial charge in [0.25, 0.3) is 0 Å². The van der Waals surface area contributed by atoms with Gasteiger partial charge in [-0.05, 0) is 36.4 Å². The van der Waals surface area contributed by atoms with Gasteiger partial charge in [0.05, 0.1) is 29.8 Å². The van der Waals surface area contributed by atoms with Crippen molar-refractivity contribution in [2.75, 3.05) is 5.32 Å². The number of nitrogens with zero attached hydrogens (tertiary/aromatic N) is 4.